The number of hydrogen-bond acceptors (Lipinski definition) is 3. The Morgan fingerprint density at radius 1 is 1.12 bits per heavy atom. The Morgan fingerprint density at radius 2 is 1.88 bits per heavy atom. The number of benzene rings is 1. The molecule has 5 heteroatoms. The maximum absolute atomic E-state index is 13.2. The first-order valence-corrected chi connectivity index (χ1v) is 9.93. The van der Waals surface area contributed by atoms with E-state index in [4.69, 9.17) is 4.74 Å². The van der Waals surface area contributed by atoms with Gasteiger partial charge in [-0.25, -0.2) is 0 Å². The van der Waals surface area contributed by atoms with Crippen LogP contribution in [0.1, 0.15) is 44.9 Å². The van der Waals surface area contributed by atoms with Crippen molar-refractivity contribution in [2.45, 2.75) is 51.0 Å². The molecule has 0 bridgehead atoms. The first-order valence-electron chi connectivity index (χ1n) is 9.93. The number of carbonyl (C=O) groups is 2. The third-order valence-corrected chi connectivity index (χ3v) is 6.38. The minimum absolute atomic E-state index is 0.0186. The molecule has 1 aromatic rings. The molecule has 0 spiro atoms. The van der Waals surface area contributed by atoms with Crippen LogP contribution in [0.2, 0.25) is 0 Å². The van der Waals surface area contributed by atoms with Gasteiger partial charge in [0.25, 0.3) is 0 Å². The molecule has 2 heterocycles. The fraction of sp³-hybridized carbons (Fsp3) is 0.619. The fourth-order valence-corrected chi connectivity index (χ4v) is 5.09. The van der Waals surface area contributed by atoms with Gasteiger partial charge in [0.2, 0.25) is 11.8 Å². The summed E-state index contributed by atoms with van der Waals surface area (Å²) >= 11 is 0. The zero-order chi connectivity index (χ0) is 18.1. The van der Waals surface area contributed by atoms with E-state index in [1.54, 1.807) is 12.0 Å². The van der Waals surface area contributed by atoms with Gasteiger partial charge in [0.05, 0.1) is 18.7 Å². The molecule has 0 N–H and O–H groups in total. The van der Waals surface area contributed by atoms with Gasteiger partial charge in [-0.2, -0.15) is 0 Å². The van der Waals surface area contributed by atoms with Crippen LogP contribution in [0.15, 0.2) is 24.3 Å². The number of piperidine rings is 1. The van der Waals surface area contributed by atoms with E-state index in [-0.39, 0.29) is 17.7 Å². The predicted octanol–water partition coefficient (Wildman–Crippen LogP) is 3.23. The molecule has 3 aliphatic rings. The van der Waals surface area contributed by atoms with Crippen LogP contribution in [0.4, 0.5) is 5.69 Å². The number of hydrogen-bond donors (Lipinski definition) is 0. The lowest BCUT2D eigenvalue weighted by Gasteiger charge is -2.45. The smallest absolute Gasteiger partial charge is 0.228 e. The van der Waals surface area contributed by atoms with Crippen LogP contribution in [0, 0.1) is 11.8 Å². The molecule has 0 aromatic heterocycles. The van der Waals surface area contributed by atoms with Gasteiger partial charge >= 0.3 is 0 Å². The van der Waals surface area contributed by atoms with Crippen molar-refractivity contribution in [2.24, 2.45) is 11.8 Å². The highest BCUT2D eigenvalue weighted by atomic mass is 16.5. The number of para-hydroxylation sites is 2. The molecule has 0 unspecified atom stereocenters. The quantitative estimate of drug-likeness (QED) is 0.835. The third kappa shape index (κ3) is 3.08. The van der Waals surface area contributed by atoms with Crippen molar-refractivity contribution >= 4 is 17.5 Å². The molecule has 4 rings (SSSR count). The second kappa shape index (κ2) is 7.29. The van der Waals surface area contributed by atoms with Gasteiger partial charge in [0, 0.05) is 25.6 Å². The monoisotopic (exact) mass is 356 g/mol. The van der Waals surface area contributed by atoms with Crippen molar-refractivity contribution in [3.63, 3.8) is 0 Å². The first-order chi connectivity index (χ1) is 12.7. The van der Waals surface area contributed by atoms with Gasteiger partial charge < -0.3 is 14.5 Å². The highest BCUT2D eigenvalue weighted by molar-refractivity contribution is 6.01. The number of amides is 2. The molecular formula is C21H28N2O3. The van der Waals surface area contributed by atoms with Gasteiger partial charge in [0.15, 0.2) is 0 Å². The first kappa shape index (κ1) is 17.4. The summed E-state index contributed by atoms with van der Waals surface area (Å²) in [7, 11) is 1.61. The molecule has 140 valence electrons. The zero-order valence-corrected chi connectivity index (χ0v) is 15.5. The van der Waals surface area contributed by atoms with Crippen LogP contribution >= 0.6 is 0 Å². The SMILES string of the molecule is COc1ccccc1N1C[C@H](C(=O)N2CCC[C@H]3CCCC[C@H]32)CC1=O. The molecule has 2 saturated heterocycles. The summed E-state index contributed by atoms with van der Waals surface area (Å²) < 4.78 is 5.40. The molecule has 1 aliphatic carbocycles. The van der Waals surface area contributed by atoms with Crippen molar-refractivity contribution < 1.29 is 14.3 Å². The maximum atomic E-state index is 13.2. The van der Waals surface area contributed by atoms with Crippen LogP contribution in [-0.2, 0) is 9.59 Å². The van der Waals surface area contributed by atoms with Crippen molar-refractivity contribution in [1.29, 1.82) is 0 Å². The number of fused-ring (bicyclic) bond motifs is 1. The summed E-state index contributed by atoms with van der Waals surface area (Å²) in [5, 5.41) is 0. The van der Waals surface area contributed by atoms with Gasteiger partial charge in [-0.15, -0.1) is 0 Å². The average Bonchev–Trinajstić information content (AvgIpc) is 3.08. The van der Waals surface area contributed by atoms with Crippen molar-refractivity contribution in [2.75, 3.05) is 25.1 Å². The molecular weight excluding hydrogens is 328 g/mol. The molecule has 3 atom stereocenters. The van der Waals surface area contributed by atoms with E-state index in [0.717, 1.165) is 25.1 Å². The van der Waals surface area contributed by atoms with Crippen molar-refractivity contribution in [3.8, 4) is 5.75 Å². The number of methoxy groups -OCH3 is 1. The number of rotatable bonds is 3. The third-order valence-electron chi connectivity index (χ3n) is 6.38. The molecule has 2 amide bonds. The number of nitrogens with zero attached hydrogens (tertiary/aromatic N) is 2. The van der Waals surface area contributed by atoms with Crippen molar-refractivity contribution in [3.05, 3.63) is 24.3 Å². The van der Waals surface area contributed by atoms with Crippen molar-refractivity contribution in [1.82, 2.24) is 4.90 Å². The normalized spacial score (nSPS) is 28.8. The number of ether oxygens (including phenoxy) is 1. The number of likely N-dealkylation sites (tertiary alicyclic amines) is 1. The molecule has 1 aromatic carbocycles. The predicted molar refractivity (Wildman–Crippen MR) is 100 cm³/mol. The minimum Gasteiger partial charge on any atom is -0.495 e. The summed E-state index contributed by atoms with van der Waals surface area (Å²) in [5.41, 5.74) is 0.768. The van der Waals surface area contributed by atoms with E-state index < -0.39 is 0 Å². The Bertz CT molecular complexity index is 688. The minimum atomic E-state index is -0.229. The topological polar surface area (TPSA) is 49.9 Å². The lowest BCUT2D eigenvalue weighted by atomic mass is 9.78. The van der Waals surface area contributed by atoms with Crippen LogP contribution in [0.25, 0.3) is 0 Å². The second-order valence-electron chi connectivity index (χ2n) is 7.86. The van der Waals surface area contributed by atoms with Crippen LogP contribution in [0.5, 0.6) is 5.75 Å². The van der Waals surface area contributed by atoms with Gasteiger partial charge in [-0.3, -0.25) is 9.59 Å². The van der Waals surface area contributed by atoms with Gasteiger partial charge in [-0.05, 0) is 43.7 Å². The Kier molecular flexibility index (Phi) is 4.88. The van der Waals surface area contributed by atoms with E-state index in [1.165, 1.54) is 25.7 Å². The standard InChI is InChI=1S/C21H28N2O3/c1-26-19-11-5-4-10-18(19)23-14-16(13-20(23)24)21(25)22-12-6-8-15-7-2-3-9-17(15)22/h4-5,10-11,15-17H,2-3,6-9,12-14H2,1H3/t15-,16-,17-/m1/s1. The molecule has 2 aliphatic heterocycles. The van der Waals surface area contributed by atoms with Crippen LogP contribution < -0.4 is 9.64 Å². The summed E-state index contributed by atoms with van der Waals surface area (Å²) in [6.45, 7) is 1.32. The van der Waals surface area contributed by atoms with E-state index >= 15 is 0 Å². The van der Waals surface area contributed by atoms with Gasteiger partial charge in [-0.1, -0.05) is 25.0 Å². The van der Waals surface area contributed by atoms with E-state index in [1.807, 2.05) is 24.3 Å². The molecule has 0 radical (unpaired) electrons. The average molecular weight is 356 g/mol. The van der Waals surface area contributed by atoms with Crippen LogP contribution in [0.3, 0.4) is 0 Å². The van der Waals surface area contributed by atoms with E-state index in [2.05, 4.69) is 4.90 Å². The number of carbonyl (C=O) groups excluding carboxylic acids is 2. The lowest BCUT2D eigenvalue weighted by molar-refractivity contribution is -0.142. The molecule has 3 fully saturated rings. The Morgan fingerprint density at radius 3 is 2.73 bits per heavy atom. The lowest BCUT2D eigenvalue weighted by Crippen LogP contribution is -2.51. The second-order valence-corrected chi connectivity index (χ2v) is 7.86. The Hall–Kier alpha value is -2.04. The number of anilines is 1. The van der Waals surface area contributed by atoms with E-state index in [0.29, 0.717) is 30.7 Å². The summed E-state index contributed by atoms with van der Waals surface area (Å²) in [5.74, 6) is 1.33. The summed E-state index contributed by atoms with van der Waals surface area (Å²) in [6.07, 6.45) is 7.58. The highest BCUT2D eigenvalue weighted by Gasteiger charge is 2.42. The molecule has 5 nitrogen and oxygen atoms in total. The molecule has 1 saturated carbocycles. The van der Waals surface area contributed by atoms with Gasteiger partial charge in [0.1, 0.15) is 5.75 Å². The summed E-state index contributed by atoms with van der Waals surface area (Å²) in [4.78, 5) is 29.7. The summed E-state index contributed by atoms with van der Waals surface area (Å²) in [6, 6.07) is 7.94. The Labute approximate surface area is 155 Å². The molecule has 26 heavy (non-hydrogen) atoms. The Balaban J connectivity index is 1.50. The maximum Gasteiger partial charge on any atom is 0.228 e. The van der Waals surface area contributed by atoms with Crippen LogP contribution in [-0.4, -0.2) is 43.0 Å². The largest absolute Gasteiger partial charge is 0.495 e. The zero-order valence-electron chi connectivity index (χ0n) is 15.5. The highest BCUT2D eigenvalue weighted by Crippen LogP contribution is 2.38. The van der Waals surface area contributed by atoms with E-state index in [9.17, 15) is 9.59 Å². The fourth-order valence-electron chi connectivity index (χ4n) is 5.09.